The van der Waals surface area contributed by atoms with Gasteiger partial charge in [-0.25, -0.2) is 0 Å². The first kappa shape index (κ1) is 17.5. The maximum absolute atomic E-state index is 12.7. The standard InChI is InChI=1S/C19H18N2O5/c1-19(2)20-15(14-10-12(25-3)8-9-18(14)26-19)11-17(22)13-6-4-5-7-16(13)21(23)24/h4-11,20H,1-3H3/b15-11-. The molecule has 0 unspecified atom stereocenters. The van der Waals surface area contributed by atoms with Crippen molar-refractivity contribution in [1.29, 1.82) is 0 Å². The fourth-order valence-corrected chi connectivity index (χ4v) is 2.79. The number of nitro benzene ring substituents is 1. The Hall–Kier alpha value is -3.35. The molecule has 0 fully saturated rings. The molecule has 134 valence electrons. The Morgan fingerprint density at radius 2 is 2.00 bits per heavy atom. The summed E-state index contributed by atoms with van der Waals surface area (Å²) in [6.07, 6.45) is 1.35. The average molecular weight is 354 g/mol. The number of benzene rings is 2. The average Bonchev–Trinajstić information content (AvgIpc) is 2.60. The van der Waals surface area contributed by atoms with Crippen LogP contribution in [-0.4, -0.2) is 23.5 Å². The lowest BCUT2D eigenvalue weighted by Crippen LogP contribution is -2.46. The number of hydrogen-bond donors (Lipinski definition) is 1. The quantitative estimate of drug-likeness (QED) is 0.391. The molecular formula is C19H18N2O5. The number of nitrogens with one attached hydrogen (secondary N) is 1. The molecule has 0 radical (unpaired) electrons. The van der Waals surface area contributed by atoms with Gasteiger partial charge in [-0.15, -0.1) is 0 Å². The second-order valence-electron chi connectivity index (χ2n) is 6.30. The Morgan fingerprint density at radius 1 is 1.27 bits per heavy atom. The van der Waals surface area contributed by atoms with E-state index >= 15 is 0 Å². The van der Waals surface area contributed by atoms with Crippen LogP contribution in [0.1, 0.15) is 29.8 Å². The van der Waals surface area contributed by atoms with Gasteiger partial charge in [0.15, 0.2) is 11.5 Å². The summed E-state index contributed by atoms with van der Waals surface area (Å²) < 4.78 is 11.1. The van der Waals surface area contributed by atoms with Crippen molar-refractivity contribution in [2.45, 2.75) is 19.6 Å². The summed E-state index contributed by atoms with van der Waals surface area (Å²) >= 11 is 0. The summed E-state index contributed by atoms with van der Waals surface area (Å²) in [5.74, 6) is 0.736. The summed E-state index contributed by atoms with van der Waals surface area (Å²) in [6.45, 7) is 3.65. The highest BCUT2D eigenvalue weighted by Gasteiger charge is 2.30. The van der Waals surface area contributed by atoms with Crippen molar-refractivity contribution < 1.29 is 19.2 Å². The molecule has 1 aliphatic heterocycles. The van der Waals surface area contributed by atoms with Crippen LogP contribution in [0.25, 0.3) is 5.70 Å². The number of methoxy groups -OCH3 is 1. The van der Waals surface area contributed by atoms with E-state index in [-0.39, 0.29) is 11.3 Å². The second kappa shape index (κ2) is 6.51. The van der Waals surface area contributed by atoms with Gasteiger partial charge in [-0.1, -0.05) is 12.1 Å². The van der Waals surface area contributed by atoms with Crippen molar-refractivity contribution in [1.82, 2.24) is 5.32 Å². The molecule has 2 aromatic carbocycles. The van der Waals surface area contributed by atoms with E-state index in [4.69, 9.17) is 9.47 Å². The smallest absolute Gasteiger partial charge is 0.280 e. The fourth-order valence-electron chi connectivity index (χ4n) is 2.79. The summed E-state index contributed by atoms with van der Waals surface area (Å²) in [5, 5.41) is 14.3. The molecule has 0 saturated carbocycles. The van der Waals surface area contributed by atoms with Crippen LogP contribution >= 0.6 is 0 Å². The van der Waals surface area contributed by atoms with Gasteiger partial charge in [-0.3, -0.25) is 14.9 Å². The minimum absolute atomic E-state index is 0.0283. The summed E-state index contributed by atoms with van der Waals surface area (Å²) in [7, 11) is 1.55. The molecule has 1 aliphatic rings. The van der Waals surface area contributed by atoms with Gasteiger partial charge in [0.2, 0.25) is 0 Å². The van der Waals surface area contributed by atoms with E-state index in [0.29, 0.717) is 22.8 Å². The van der Waals surface area contributed by atoms with Gasteiger partial charge in [0.25, 0.3) is 5.69 Å². The van der Waals surface area contributed by atoms with Gasteiger partial charge in [0, 0.05) is 17.7 Å². The van der Waals surface area contributed by atoms with E-state index in [9.17, 15) is 14.9 Å². The zero-order valence-corrected chi connectivity index (χ0v) is 14.6. The maximum atomic E-state index is 12.7. The number of nitrogens with zero attached hydrogens (tertiary/aromatic N) is 1. The predicted octanol–water partition coefficient (Wildman–Crippen LogP) is 3.55. The van der Waals surface area contributed by atoms with E-state index in [1.54, 1.807) is 31.4 Å². The molecule has 7 heteroatoms. The van der Waals surface area contributed by atoms with Gasteiger partial charge >= 0.3 is 0 Å². The molecule has 2 aromatic rings. The molecule has 0 aromatic heterocycles. The van der Waals surface area contributed by atoms with Crippen molar-refractivity contribution in [2.75, 3.05) is 7.11 Å². The molecule has 0 amide bonds. The molecule has 0 atom stereocenters. The SMILES string of the molecule is COc1ccc2c(c1)/C(=C/C(=O)c1ccccc1[N+](=O)[O-])NC(C)(C)O2. The minimum Gasteiger partial charge on any atom is -0.497 e. The predicted molar refractivity (Wildman–Crippen MR) is 96.2 cm³/mol. The number of ketones is 1. The van der Waals surface area contributed by atoms with Gasteiger partial charge < -0.3 is 14.8 Å². The zero-order chi connectivity index (χ0) is 18.9. The van der Waals surface area contributed by atoms with Crippen molar-refractivity contribution in [3.8, 4) is 11.5 Å². The lowest BCUT2D eigenvalue weighted by molar-refractivity contribution is -0.385. The summed E-state index contributed by atoms with van der Waals surface area (Å²) in [6, 6.07) is 11.1. The molecule has 26 heavy (non-hydrogen) atoms. The Labute approximate surface area is 150 Å². The number of carbonyl (C=O) groups is 1. The number of para-hydroxylation sites is 1. The van der Waals surface area contributed by atoms with E-state index < -0.39 is 16.4 Å². The van der Waals surface area contributed by atoms with Gasteiger partial charge in [0.1, 0.15) is 11.5 Å². The summed E-state index contributed by atoms with van der Waals surface area (Å²) in [4.78, 5) is 23.3. The van der Waals surface area contributed by atoms with Crippen LogP contribution in [-0.2, 0) is 0 Å². The van der Waals surface area contributed by atoms with Crippen LogP contribution in [0.15, 0.2) is 48.5 Å². The fraction of sp³-hybridized carbons (Fsp3) is 0.211. The van der Waals surface area contributed by atoms with Gasteiger partial charge in [-0.2, -0.15) is 0 Å². The van der Waals surface area contributed by atoms with Gasteiger partial charge in [0.05, 0.1) is 23.3 Å². The Kier molecular flexibility index (Phi) is 4.38. The molecule has 7 nitrogen and oxygen atoms in total. The first-order chi connectivity index (χ1) is 12.3. The normalized spacial score (nSPS) is 16.2. The Bertz CT molecular complexity index is 918. The number of ether oxygens (including phenoxy) is 2. The largest absolute Gasteiger partial charge is 0.497 e. The van der Waals surface area contributed by atoms with Crippen LogP contribution in [0.4, 0.5) is 5.69 Å². The molecule has 0 bridgehead atoms. The lowest BCUT2D eigenvalue weighted by Gasteiger charge is -2.36. The van der Waals surface area contributed by atoms with Crippen molar-refractivity contribution in [2.24, 2.45) is 0 Å². The number of nitro groups is 1. The number of rotatable bonds is 4. The topological polar surface area (TPSA) is 90.7 Å². The number of fused-ring (bicyclic) bond motifs is 1. The van der Waals surface area contributed by atoms with E-state index in [1.807, 2.05) is 13.8 Å². The van der Waals surface area contributed by atoms with Crippen LogP contribution in [0.3, 0.4) is 0 Å². The van der Waals surface area contributed by atoms with Crippen molar-refractivity contribution in [3.05, 3.63) is 69.8 Å². The zero-order valence-electron chi connectivity index (χ0n) is 14.6. The number of carbonyl (C=O) groups excluding carboxylic acids is 1. The first-order valence-corrected chi connectivity index (χ1v) is 7.96. The maximum Gasteiger partial charge on any atom is 0.280 e. The highest BCUT2D eigenvalue weighted by atomic mass is 16.6. The molecule has 0 aliphatic carbocycles. The van der Waals surface area contributed by atoms with Crippen molar-refractivity contribution in [3.63, 3.8) is 0 Å². The second-order valence-corrected chi connectivity index (χ2v) is 6.30. The Balaban J connectivity index is 2.08. The van der Waals surface area contributed by atoms with Crippen LogP contribution in [0.5, 0.6) is 11.5 Å². The Morgan fingerprint density at radius 3 is 2.69 bits per heavy atom. The minimum atomic E-state index is -0.740. The third-order valence-corrected chi connectivity index (χ3v) is 3.92. The van der Waals surface area contributed by atoms with E-state index in [1.165, 1.54) is 24.3 Å². The van der Waals surface area contributed by atoms with Crippen LogP contribution < -0.4 is 14.8 Å². The molecule has 0 saturated heterocycles. The third-order valence-electron chi connectivity index (χ3n) is 3.92. The van der Waals surface area contributed by atoms with Crippen molar-refractivity contribution >= 4 is 17.2 Å². The van der Waals surface area contributed by atoms with E-state index in [2.05, 4.69) is 5.32 Å². The van der Waals surface area contributed by atoms with Crippen LogP contribution in [0, 0.1) is 10.1 Å². The molecule has 0 spiro atoms. The molecule has 1 heterocycles. The van der Waals surface area contributed by atoms with Crippen LogP contribution in [0.2, 0.25) is 0 Å². The molecular weight excluding hydrogens is 336 g/mol. The first-order valence-electron chi connectivity index (χ1n) is 7.96. The molecule has 3 rings (SSSR count). The molecule has 1 N–H and O–H groups in total. The highest BCUT2D eigenvalue weighted by Crippen LogP contribution is 2.36. The highest BCUT2D eigenvalue weighted by molar-refractivity contribution is 6.11. The number of hydrogen-bond acceptors (Lipinski definition) is 6. The number of allylic oxidation sites excluding steroid dienone is 1. The monoisotopic (exact) mass is 354 g/mol. The third kappa shape index (κ3) is 3.37. The lowest BCUT2D eigenvalue weighted by atomic mass is 10.0. The van der Waals surface area contributed by atoms with Gasteiger partial charge in [-0.05, 0) is 38.1 Å². The van der Waals surface area contributed by atoms with E-state index in [0.717, 1.165) is 0 Å². The summed E-state index contributed by atoms with van der Waals surface area (Å²) in [5.41, 5.74) is 0.219.